The van der Waals surface area contributed by atoms with Gasteiger partial charge in [0.1, 0.15) is 0 Å². The van der Waals surface area contributed by atoms with Crippen molar-refractivity contribution >= 4 is 10.9 Å². The predicted molar refractivity (Wildman–Crippen MR) is 60.6 cm³/mol. The summed E-state index contributed by atoms with van der Waals surface area (Å²) in [5, 5.41) is 10.3. The van der Waals surface area contributed by atoms with E-state index < -0.39 is 0 Å². The zero-order valence-electron chi connectivity index (χ0n) is 8.69. The van der Waals surface area contributed by atoms with Gasteiger partial charge in [-0.2, -0.15) is 0 Å². The summed E-state index contributed by atoms with van der Waals surface area (Å²) in [6, 6.07) is 8.32. The van der Waals surface area contributed by atoms with E-state index in [0.29, 0.717) is 0 Å². The van der Waals surface area contributed by atoms with Crippen molar-refractivity contribution in [3.8, 4) is 0 Å². The molecule has 0 spiro atoms. The molecule has 1 aliphatic carbocycles. The van der Waals surface area contributed by atoms with E-state index >= 15 is 0 Å². The minimum atomic E-state index is 0.129. The number of hydrogen-bond donors (Lipinski definition) is 1. The molecular formula is C13H15NO. The van der Waals surface area contributed by atoms with E-state index in [1.54, 1.807) is 0 Å². The van der Waals surface area contributed by atoms with Gasteiger partial charge in [0.05, 0.1) is 6.61 Å². The van der Waals surface area contributed by atoms with Crippen LogP contribution in [0.1, 0.15) is 18.4 Å². The van der Waals surface area contributed by atoms with Gasteiger partial charge in [-0.05, 0) is 47.9 Å². The third kappa shape index (κ3) is 1.65. The first-order valence-corrected chi connectivity index (χ1v) is 5.55. The first kappa shape index (κ1) is 8.98. The Morgan fingerprint density at radius 3 is 2.87 bits per heavy atom. The van der Waals surface area contributed by atoms with Gasteiger partial charge >= 0.3 is 0 Å². The number of aliphatic hydroxyl groups excluding tert-OH is 1. The predicted octanol–water partition coefficient (Wildman–Crippen LogP) is 2.54. The quantitative estimate of drug-likeness (QED) is 0.811. The Balaban J connectivity index is 2.01. The molecule has 0 atom stereocenters. The molecule has 0 radical (unpaired) electrons. The molecule has 0 saturated heterocycles. The molecule has 2 aromatic rings. The average Bonchev–Trinajstić information content (AvgIpc) is 2.99. The molecule has 1 aliphatic rings. The molecule has 1 aromatic heterocycles. The molecule has 1 aromatic carbocycles. The third-order valence-corrected chi connectivity index (χ3v) is 3.17. The molecule has 15 heavy (non-hydrogen) atoms. The van der Waals surface area contributed by atoms with E-state index in [0.717, 1.165) is 18.0 Å². The highest BCUT2D eigenvalue weighted by atomic mass is 16.3. The Kier molecular flexibility index (Phi) is 2.03. The number of rotatable bonds is 3. The van der Waals surface area contributed by atoms with Crippen molar-refractivity contribution in [3.05, 3.63) is 36.0 Å². The fraction of sp³-hybridized carbons (Fsp3) is 0.385. The summed E-state index contributed by atoms with van der Waals surface area (Å²) in [6.07, 6.45) is 4.92. The first-order chi connectivity index (χ1) is 7.36. The van der Waals surface area contributed by atoms with Gasteiger partial charge in [0.25, 0.3) is 0 Å². The Morgan fingerprint density at radius 2 is 2.13 bits per heavy atom. The standard InChI is InChI=1S/C13H15NO/c15-9-11-3-4-13-12(7-11)5-6-14(13)8-10-1-2-10/h3-7,10,15H,1-2,8-9H2. The monoisotopic (exact) mass is 201 g/mol. The number of aliphatic hydroxyl groups is 1. The zero-order valence-corrected chi connectivity index (χ0v) is 8.69. The lowest BCUT2D eigenvalue weighted by Crippen LogP contribution is -1.97. The lowest BCUT2D eigenvalue weighted by molar-refractivity contribution is 0.282. The Morgan fingerprint density at radius 1 is 1.27 bits per heavy atom. The second-order valence-corrected chi connectivity index (χ2v) is 4.46. The minimum Gasteiger partial charge on any atom is -0.392 e. The van der Waals surface area contributed by atoms with Crippen LogP contribution in [0.3, 0.4) is 0 Å². The molecule has 1 N–H and O–H groups in total. The van der Waals surface area contributed by atoms with Crippen LogP contribution in [0.25, 0.3) is 10.9 Å². The normalized spacial score (nSPS) is 16.1. The van der Waals surface area contributed by atoms with Crippen LogP contribution < -0.4 is 0 Å². The SMILES string of the molecule is OCc1ccc2c(ccn2CC2CC2)c1. The topological polar surface area (TPSA) is 25.2 Å². The number of hydrogen-bond acceptors (Lipinski definition) is 1. The van der Waals surface area contributed by atoms with Crippen molar-refractivity contribution in [1.82, 2.24) is 4.57 Å². The van der Waals surface area contributed by atoms with Crippen LogP contribution >= 0.6 is 0 Å². The Hall–Kier alpha value is -1.28. The highest BCUT2D eigenvalue weighted by Gasteiger charge is 2.21. The second-order valence-electron chi connectivity index (χ2n) is 4.46. The van der Waals surface area contributed by atoms with E-state index in [9.17, 15) is 0 Å². The maximum absolute atomic E-state index is 9.05. The van der Waals surface area contributed by atoms with Crippen molar-refractivity contribution in [2.45, 2.75) is 26.0 Å². The Labute approximate surface area is 89.1 Å². The number of benzene rings is 1. The van der Waals surface area contributed by atoms with Crippen molar-refractivity contribution in [3.63, 3.8) is 0 Å². The van der Waals surface area contributed by atoms with Crippen molar-refractivity contribution in [1.29, 1.82) is 0 Å². The molecule has 78 valence electrons. The number of fused-ring (bicyclic) bond motifs is 1. The molecule has 0 bridgehead atoms. The molecule has 1 saturated carbocycles. The van der Waals surface area contributed by atoms with Gasteiger partial charge in [-0.3, -0.25) is 0 Å². The third-order valence-electron chi connectivity index (χ3n) is 3.17. The van der Waals surface area contributed by atoms with Crippen LogP contribution in [0.15, 0.2) is 30.5 Å². The first-order valence-electron chi connectivity index (χ1n) is 5.55. The summed E-state index contributed by atoms with van der Waals surface area (Å²) in [4.78, 5) is 0. The second kappa shape index (κ2) is 3.38. The average molecular weight is 201 g/mol. The van der Waals surface area contributed by atoms with Crippen LogP contribution in [0.4, 0.5) is 0 Å². The van der Waals surface area contributed by atoms with Crippen molar-refractivity contribution in [2.24, 2.45) is 5.92 Å². The zero-order chi connectivity index (χ0) is 10.3. The highest BCUT2D eigenvalue weighted by molar-refractivity contribution is 5.80. The van der Waals surface area contributed by atoms with Gasteiger partial charge < -0.3 is 9.67 Å². The summed E-state index contributed by atoms with van der Waals surface area (Å²) >= 11 is 0. The highest BCUT2D eigenvalue weighted by Crippen LogP contribution is 2.32. The lowest BCUT2D eigenvalue weighted by atomic mass is 10.2. The number of aromatic nitrogens is 1. The molecule has 1 heterocycles. The van der Waals surface area contributed by atoms with E-state index in [2.05, 4.69) is 29.0 Å². The maximum Gasteiger partial charge on any atom is 0.0682 e. The van der Waals surface area contributed by atoms with Crippen LogP contribution in [0.5, 0.6) is 0 Å². The fourth-order valence-corrected chi connectivity index (χ4v) is 2.09. The van der Waals surface area contributed by atoms with Gasteiger partial charge in [-0.25, -0.2) is 0 Å². The van der Waals surface area contributed by atoms with E-state index in [1.807, 2.05) is 6.07 Å². The van der Waals surface area contributed by atoms with Gasteiger partial charge in [0, 0.05) is 18.3 Å². The summed E-state index contributed by atoms with van der Waals surface area (Å²) in [6.45, 7) is 1.28. The van der Waals surface area contributed by atoms with Crippen molar-refractivity contribution in [2.75, 3.05) is 0 Å². The van der Waals surface area contributed by atoms with E-state index in [1.165, 1.54) is 23.7 Å². The Bertz CT molecular complexity index is 482. The summed E-state index contributed by atoms with van der Waals surface area (Å²) in [5.41, 5.74) is 2.28. The molecule has 2 heteroatoms. The van der Waals surface area contributed by atoms with Gasteiger partial charge in [-0.1, -0.05) is 6.07 Å². The summed E-state index contributed by atoms with van der Waals surface area (Å²) < 4.78 is 2.33. The van der Waals surface area contributed by atoms with Crippen LogP contribution in [0.2, 0.25) is 0 Å². The molecule has 0 aliphatic heterocycles. The largest absolute Gasteiger partial charge is 0.392 e. The molecule has 3 rings (SSSR count). The minimum absolute atomic E-state index is 0.129. The van der Waals surface area contributed by atoms with Gasteiger partial charge in [0.2, 0.25) is 0 Å². The molecule has 2 nitrogen and oxygen atoms in total. The smallest absolute Gasteiger partial charge is 0.0682 e. The lowest BCUT2D eigenvalue weighted by Gasteiger charge is -2.04. The summed E-state index contributed by atoms with van der Waals surface area (Å²) in [5.74, 6) is 0.901. The van der Waals surface area contributed by atoms with Crippen molar-refractivity contribution < 1.29 is 5.11 Å². The maximum atomic E-state index is 9.05. The molecule has 0 unspecified atom stereocenters. The van der Waals surface area contributed by atoms with Crippen LogP contribution in [-0.4, -0.2) is 9.67 Å². The molecular weight excluding hydrogens is 186 g/mol. The summed E-state index contributed by atoms with van der Waals surface area (Å²) in [7, 11) is 0. The van der Waals surface area contributed by atoms with Gasteiger partial charge in [-0.15, -0.1) is 0 Å². The molecule has 1 fully saturated rings. The van der Waals surface area contributed by atoms with E-state index in [-0.39, 0.29) is 6.61 Å². The number of nitrogens with zero attached hydrogens (tertiary/aromatic N) is 1. The van der Waals surface area contributed by atoms with Crippen LogP contribution in [-0.2, 0) is 13.2 Å². The van der Waals surface area contributed by atoms with Gasteiger partial charge in [0.15, 0.2) is 0 Å². The van der Waals surface area contributed by atoms with Crippen LogP contribution in [0, 0.1) is 5.92 Å². The molecule has 0 amide bonds. The fourth-order valence-electron chi connectivity index (χ4n) is 2.09. The van der Waals surface area contributed by atoms with E-state index in [4.69, 9.17) is 5.11 Å².